The Morgan fingerprint density at radius 1 is 0.938 bits per heavy atom. The second-order valence-electron chi connectivity index (χ2n) is 9.46. The fraction of sp³-hybridized carbons (Fsp3) is 0.481. The van der Waals surface area contributed by atoms with E-state index in [1.54, 1.807) is 0 Å². The number of carbonyl (C=O) groups excluding carboxylic acids is 2. The molecule has 2 fully saturated rings. The monoisotopic (exact) mass is 433 g/mol. The molecule has 0 radical (unpaired) electrons. The lowest BCUT2D eigenvalue weighted by atomic mass is 9.90. The van der Waals surface area contributed by atoms with Gasteiger partial charge in [-0.1, -0.05) is 30.3 Å². The molecule has 0 aliphatic carbocycles. The molecule has 2 aromatic rings. The van der Waals surface area contributed by atoms with Crippen LogP contribution < -0.4 is 9.80 Å². The van der Waals surface area contributed by atoms with Crippen LogP contribution >= 0.6 is 0 Å². The predicted octanol–water partition coefficient (Wildman–Crippen LogP) is 4.16. The minimum atomic E-state index is -0.206. The molecule has 32 heavy (non-hydrogen) atoms. The van der Waals surface area contributed by atoms with Crippen LogP contribution in [-0.4, -0.2) is 56.4 Å². The van der Waals surface area contributed by atoms with Gasteiger partial charge in [0.2, 0.25) is 5.91 Å². The molecule has 5 nitrogen and oxygen atoms in total. The summed E-state index contributed by atoms with van der Waals surface area (Å²) in [6.07, 6.45) is 4.92. The van der Waals surface area contributed by atoms with Crippen LogP contribution in [0.1, 0.15) is 37.7 Å². The van der Waals surface area contributed by atoms with E-state index in [1.807, 2.05) is 35.2 Å². The van der Waals surface area contributed by atoms with Crippen LogP contribution in [0.4, 0.5) is 11.4 Å². The number of piperidine rings is 2. The van der Waals surface area contributed by atoms with E-state index in [9.17, 15) is 9.59 Å². The van der Waals surface area contributed by atoms with E-state index in [4.69, 9.17) is 0 Å². The van der Waals surface area contributed by atoms with Crippen molar-refractivity contribution >= 4 is 23.1 Å². The summed E-state index contributed by atoms with van der Waals surface area (Å²) in [5.74, 6) is 0.0333. The highest BCUT2D eigenvalue weighted by atomic mass is 16.2. The molecule has 170 valence electrons. The van der Waals surface area contributed by atoms with E-state index >= 15 is 0 Å². The smallest absolute Gasteiger partial charge is 0.230 e. The van der Waals surface area contributed by atoms with Gasteiger partial charge in [0.05, 0.1) is 0 Å². The SMILES string of the molecule is CN(C)C1CCCN(c2ccc(N3CCC[C@@H](CC(=O)Cc4ccccc4)C3=O)cc2)C1. The van der Waals surface area contributed by atoms with Crippen LogP contribution in [0, 0.1) is 5.92 Å². The van der Waals surface area contributed by atoms with Crippen LogP contribution in [0.5, 0.6) is 0 Å². The molecule has 2 aliphatic rings. The number of carbonyl (C=O) groups is 2. The second kappa shape index (κ2) is 10.3. The zero-order chi connectivity index (χ0) is 22.5. The molecule has 0 aromatic heterocycles. The molecule has 0 spiro atoms. The van der Waals surface area contributed by atoms with Gasteiger partial charge in [0.15, 0.2) is 0 Å². The summed E-state index contributed by atoms with van der Waals surface area (Å²) in [6, 6.07) is 18.8. The number of likely N-dealkylation sites (N-methyl/N-ethyl adjacent to an activating group) is 1. The van der Waals surface area contributed by atoms with Gasteiger partial charge in [-0.05, 0) is 69.6 Å². The molecular formula is C27H35N3O2. The van der Waals surface area contributed by atoms with Gasteiger partial charge in [0, 0.05) is 55.8 Å². The molecule has 2 aromatic carbocycles. The van der Waals surface area contributed by atoms with Gasteiger partial charge in [-0.25, -0.2) is 0 Å². The molecule has 4 rings (SSSR count). The molecule has 1 amide bonds. The van der Waals surface area contributed by atoms with Gasteiger partial charge in [-0.15, -0.1) is 0 Å². The average Bonchev–Trinajstić information content (AvgIpc) is 2.81. The molecule has 2 aliphatic heterocycles. The fourth-order valence-electron chi connectivity index (χ4n) is 5.02. The van der Waals surface area contributed by atoms with Crippen molar-refractivity contribution in [2.24, 2.45) is 5.92 Å². The molecule has 1 unspecified atom stereocenters. The van der Waals surface area contributed by atoms with Crippen molar-refractivity contribution in [1.29, 1.82) is 0 Å². The van der Waals surface area contributed by atoms with Crippen molar-refractivity contribution in [3.05, 3.63) is 60.2 Å². The molecule has 5 heteroatoms. The first-order valence-electron chi connectivity index (χ1n) is 11.9. The number of hydrogen-bond acceptors (Lipinski definition) is 4. The molecule has 2 heterocycles. The number of Topliss-reactive ketones (excluding diaryl/α,β-unsaturated/α-hetero) is 1. The third-order valence-electron chi connectivity index (χ3n) is 6.92. The maximum Gasteiger partial charge on any atom is 0.230 e. The molecule has 2 atom stereocenters. The molecule has 0 bridgehead atoms. The van der Waals surface area contributed by atoms with Crippen LogP contribution in [0.15, 0.2) is 54.6 Å². The first kappa shape index (κ1) is 22.5. The van der Waals surface area contributed by atoms with Gasteiger partial charge < -0.3 is 14.7 Å². The van der Waals surface area contributed by atoms with E-state index < -0.39 is 0 Å². The Hall–Kier alpha value is -2.66. The van der Waals surface area contributed by atoms with Gasteiger partial charge in [-0.2, -0.15) is 0 Å². The molecule has 0 saturated carbocycles. The largest absolute Gasteiger partial charge is 0.370 e. The van der Waals surface area contributed by atoms with E-state index in [-0.39, 0.29) is 17.6 Å². The maximum absolute atomic E-state index is 13.2. The van der Waals surface area contributed by atoms with E-state index in [1.165, 1.54) is 18.5 Å². The molecule has 0 N–H and O–H groups in total. The lowest BCUT2D eigenvalue weighted by molar-refractivity contribution is -0.128. The topological polar surface area (TPSA) is 43.9 Å². The number of benzene rings is 2. The third kappa shape index (κ3) is 5.39. The van der Waals surface area contributed by atoms with Gasteiger partial charge in [0.1, 0.15) is 5.78 Å². The number of ketones is 1. The number of nitrogens with zero attached hydrogens (tertiary/aromatic N) is 3. The maximum atomic E-state index is 13.2. The summed E-state index contributed by atoms with van der Waals surface area (Å²) in [6.45, 7) is 2.85. The van der Waals surface area contributed by atoms with Crippen LogP contribution in [0.3, 0.4) is 0 Å². The van der Waals surface area contributed by atoms with Crippen molar-refractivity contribution in [1.82, 2.24) is 4.90 Å². The lowest BCUT2D eigenvalue weighted by Gasteiger charge is -2.38. The predicted molar refractivity (Wildman–Crippen MR) is 130 cm³/mol. The summed E-state index contributed by atoms with van der Waals surface area (Å²) in [4.78, 5) is 32.4. The number of hydrogen-bond donors (Lipinski definition) is 0. The van der Waals surface area contributed by atoms with Crippen LogP contribution in [0.2, 0.25) is 0 Å². The van der Waals surface area contributed by atoms with Crippen LogP contribution in [0.25, 0.3) is 0 Å². The van der Waals surface area contributed by atoms with Crippen molar-refractivity contribution in [3.8, 4) is 0 Å². The zero-order valence-electron chi connectivity index (χ0n) is 19.4. The standard InChI is InChI=1S/C27H35N3O2/c1-28(2)25-11-7-16-29(20-25)23-12-14-24(15-13-23)30-17-6-10-22(27(30)32)19-26(31)18-21-8-4-3-5-9-21/h3-5,8-9,12-15,22,25H,6-7,10-11,16-20H2,1-2H3/t22-,25?/m0/s1. The molecule has 2 saturated heterocycles. The summed E-state index contributed by atoms with van der Waals surface area (Å²) in [5, 5.41) is 0. The molecular weight excluding hydrogens is 398 g/mol. The first-order chi connectivity index (χ1) is 15.5. The van der Waals surface area contributed by atoms with E-state index in [0.717, 1.165) is 43.7 Å². The number of anilines is 2. The van der Waals surface area contributed by atoms with Crippen molar-refractivity contribution < 1.29 is 9.59 Å². The summed E-state index contributed by atoms with van der Waals surface area (Å²) in [7, 11) is 4.31. The van der Waals surface area contributed by atoms with E-state index in [2.05, 4.69) is 48.2 Å². The Morgan fingerprint density at radius 2 is 1.62 bits per heavy atom. The Labute approximate surface area is 192 Å². The minimum Gasteiger partial charge on any atom is -0.370 e. The zero-order valence-corrected chi connectivity index (χ0v) is 19.4. The highest BCUT2D eigenvalue weighted by Gasteiger charge is 2.31. The normalized spacial score (nSPS) is 21.8. The third-order valence-corrected chi connectivity index (χ3v) is 6.92. The highest BCUT2D eigenvalue weighted by Crippen LogP contribution is 2.29. The van der Waals surface area contributed by atoms with Crippen molar-refractivity contribution in [2.45, 2.75) is 44.6 Å². The summed E-state index contributed by atoms with van der Waals surface area (Å²) in [5.41, 5.74) is 3.18. The van der Waals surface area contributed by atoms with Gasteiger partial charge >= 0.3 is 0 Å². The Kier molecular flexibility index (Phi) is 7.26. The Morgan fingerprint density at radius 3 is 2.34 bits per heavy atom. The van der Waals surface area contributed by atoms with E-state index in [0.29, 0.717) is 18.9 Å². The van der Waals surface area contributed by atoms with Crippen molar-refractivity contribution in [2.75, 3.05) is 43.5 Å². The van der Waals surface area contributed by atoms with Crippen molar-refractivity contribution in [3.63, 3.8) is 0 Å². The van der Waals surface area contributed by atoms with Crippen LogP contribution in [-0.2, 0) is 16.0 Å². The minimum absolute atomic E-state index is 0.0936. The average molecular weight is 434 g/mol. The first-order valence-corrected chi connectivity index (χ1v) is 11.9. The summed E-state index contributed by atoms with van der Waals surface area (Å²) >= 11 is 0. The number of amides is 1. The van der Waals surface area contributed by atoms with Gasteiger partial charge in [-0.3, -0.25) is 9.59 Å². The Balaban J connectivity index is 1.38. The van der Waals surface area contributed by atoms with Gasteiger partial charge in [0.25, 0.3) is 0 Å². The fourth-order valence-corrected chi connectivity index (χ4v) is 5.02. The summed E-state index contributed by atoms with van der Waals surface area (Å²) < 4.78 is 0. The second-order valence-corrected chi connectivity index (χ2v) is 9.46. The quantitative estimate of drug-likeness (QED) is 0.658. The lowest BCUT2D eigenvalue weighted by Crippen LogP contribution is -2.45. The Bertz CT molecular complexity index is 910. The number of rotatable bonds is 7. The highest BCUT2D eigenvalue weighted by molar-refractivity contribution is 5.98.